The molecule has 1 saturated heterocycles. The van der Waals surface area contributed by atoms with Gasteiger partial charge in [-0.1, -0.05) is 13.0 Å². The van der Waals surface area contributed by atoms with Crippen LogP contribution in [0.5, 0.6) is 0 Å². The van der Waals surface area contributed by atoms with Gasteiger partial charge in [0.1, 0.15) is 0 Å². The SMILES string of the molecule is CC(CC(=O)NCCC(=O)NCc1cccnc1)C1CCNCC1. The largest absolute Gasteiger partial charge is 0.356 e. The minimum Gasteiger partial charge on any atom is -0.356 e. The van der Waals surface area contributed by atoms with Gasteiger partial charge >= 0.3 is 0 Å². The van der Waals surface area contributed by atoms with Gasteiger partial charge in [0.05, 0.1) is 0 Å². The highest BCUT2D eigenvalue weighted by atomic mass is 16.2. The zero-order valence-corrected chi connectivity index (χ0v) is 14.4. The molecule has 0 aromatic carbocycles. The van der Waals surface area contributed by atoms with Crippen molar-refractivity contribution >= 4 is 11.8 Å². The van der Waals surface area contributed by atoms with Crippen LogP contribution in [-0.2, 0) is 16.1 Å². The molecule has 1 fully saturated rings. The quantitative estimate of drug-likeness (QED) is 0.669. The molecule has 1 unspecified atom stereocenters. The Kier molecular flexibility index (Phi) is 7.68. The molecule has 132 valence electrons. The van der Waals surface area contributed by atoms with Crippen molar-refractivity contribution in [3.05, 3.63) is 30.1 Å². The van der Waals surface area contributed by atoms with Crippen molar-refractivity contribution in [1.29, 1.82) is 0 Å². The number of piperidine rings is 1. The molecular weight excluding hydrogens is 304 g/mol. The van der Waals surface area contributed by atoms with Crippen LogP contribution >= 0.6 is 0 Å². The van der Waals surface area contributed by atoms with Crippen LogP contribution in [0.1, 0.15) is 38.2 Å². The Morgan fingerprint density at radius 3 is 2.79 bits per heavy atom. The third-order valence-corrected chi connectivity index (χ3v) is 4.58. The predicted molar refractivity (Wildman–Crippen MR) is 93.1 cm³/mol. The molecule has 6 heteroatoms. The Morgan fingerprint density at radius 1 is 1.29 bits per heavy atom. The van der Waals surface area contributed by atoms with Gasteiger partial charge in [0.2, 0.25) is 11.8 Å². The van der Waals surface area contributed by atoms with E-state index in [0.717, 1.165) is 31.5 Å². The molecule has 24 heavy (non-hydrogen) atoms. The van der Waals surface area contributed by atoms with Gasteiger partial charge in [-0.3, -0.25) is 14.6 Å². The summed E-state index contributed by atoms with van der Waals surface area (Å²) in [6.07, 6.45) is 6.56. The van der Waals surface area contributed by atoms with Crippen LogP contribution < -0.4 is 16.0 Å². The maximum absolute atomic E-state index is 12.0. The van der Waals surface area contributed by atoms with Crippen LogP contribution in [0.3, 0.4) is 0 Å². The first-order chi connectivity index (χ1) is 11.6. The Hall–Kier alpha value is -1.95. The summed E-state index contributed by atoms with van der Waals surface area (Å²) in [7, 11) is 0. The molecule has 1 aromatic rings. The van der Waals surface area contributed by atoms with E-state index in [9.17, 15) is 9.59 Å². The van der Waals surface area contributed by atoms with Crippen LogP contribution in [0.2, 0.25) is 0 Å². The number of nitrogens with one attached hydrogen (secondary N) is 3. The normalized spacial score (nSPS) is 16.4. The lowest BCUT2D eigenvalue weighted by Gasteiger charge is -2.27. The van der Waals surface area contributed by atoms with Crippen molar-refractivity contribution in [2.24, 2.45) is 11.8 Å². The zero-order chi connectivity index (χ0) is 17.2. The Morgan fingerprint density at radius 2 is 2.08 bits per heavy atom. The second-order valence-electron chi connectivity index (χ2n) is 6.51. The zero-order valence-electron chi connectivity index (χ0n) is 14.4. The van der Waals surface area contributed by atoms with Gasteiger partial charge in [-0.15, -0.1) is 0 Å². The van der Waals surface area contributed by atoms with E-state index in [1.165, 1.54) is 0 Å². The highest BCUT2D eigenvalue weighted by Gasteiger charge is 2.21. The number of pyridine rings is 1. The van der Waals surface area contributed by atoms with Crippen molar-refractivity contribution in [3.63, 3.8) is 0 Å². The third kappa shape index (κ3) is 6.66. The summed E-state index contributed by atoms with van der Waals surface area (Å²) in [5.74, 6) is 0.998. The summed E-state index contributed by atoms with van der Waals surface area (Å²) in [6, 6.07) is 3.75. The smallest absolute Gasteiger partial charge is 0.222 e. The van der Waals surface area contributed by atoms with E-state index in [4.69, 9.17) is 0 Å². The van der Waals surface area contributed by atoms with Crippen molar-refractivity contribution in [2.45, 2.75) is 39.2 Å². The van der Waals surface area contributed by atoms with E-state index >= 15 is 0 Å². The topological polar surface area (TPSA) is 83.1 Å². The molecule has 2 rings (SSSR count). The lowest BCUT2D eigenvalue weighted by atomic mass is 9.84. The maximum Gasteiger partial charge on any atom is 0.222 e. The van der Waals surface area contributed by atoms with Crippen LogP contribution in [0, 0.1) is 11.8 Å². The minimum atomic E-state index is -0.0643. The molecule has 0 spiro atoms. The predicted octanol–water partition coefficient (Wildman–Crippen LogP) is 1.23. The number of carbonyl (C=O) groups is 2. The highest BCUT2D eigenvalue weighted by molar-refractivity contribution is 5.79. The molecule has 0 aliphatic carbocycles. The molecule has 1 aliphatic rings. The average Bonchev–Trinajstić information content (AvgIpc) is 2.61. The summed E-state index contributed by atoms with van der Waals surface area (Å²) in [6.45, 7) is 5.10. The standard InChI is InChI=1S/C18H28N4O2/c1-14(16-4-8-19-9-5-16)11-18(24)21-10-6-17(23)22-13-15-3-2-7-20-12-15/h2-3,7,12,14,16,19H,4-6,8-11,13H2,1H3,(H,21,24)(H,22,23). The molecule has 1 aliphatic heterocycles. The van der Waals surface area contributed by atoms with Crippen molar-refractivity contribution in [3.8, 4) is 0 Å². The van der Waals surface area contributed by atoms with Crippen LogP contribution in [0.15, 0.2) is 24.5 Å². The van der Waals surface area contributed by atoms with Crippen LogP contribution in [0.4, 0.5) is 0 Å². The second-order valence-corrected chi connectivity index (χ2v) is 6.51. The number of amides is 2. The number of rotatable bonds is 8. The van der Waals surface area contributed by atoms with Gasteiger partial charge in [-0.2, -0.15) is 0 Å². The first-order valence-electron chi connectivity index (χ1n) is 8.78. The van der Waals surface area contributed by atoms with Gasteiger partial charge in [0.15, 0.2) is 0 Å². The molecule has 2 heterocycles. The fraction of sp³-hybridized carbons (Fsp3) is 0.611. The molecule has 1 aromatic heterocycles. The minimum absolute atomic E-state index is 0.0427. The summed E-state index contributed by atoms with van der Waals surface area (Å²) >= 11 is 0. The van der Waals surface area contributed by atoms with Gasteiger partial charge in [0, 0.05) is 38.3 Å². The van der Waals surface area contributed by atoms with E-state index in [0.29, 0.717) is 37.8 Å². The Bertz CT molecular complexity index is 515. The Balaban J connectivity index is 1.57. The molecule has 2 amide bonds. The van der Waals surface area contributed by atoms with Crippen molar-refractivity contribution in [1.82, 2.24) is 20.9 Å². The number of hydrogen-bond acceptors (Lipinski definition) is 4. The fourth-order valence-corrected chi connectivity index (χ4v) is 3.05. The molecule has 1 atom stereocenters. The third-order valence-electron chi connectivity index (χ3n) is 4.58. The number of aromatic nitrogens is 1. The van der Waals surface area contributed by atoms with Crippen LogP contribution in [0.25, 0.3) is 0 Å². The van der Waals surface area contributed by atoms with E-state index in [2.05, 4.69) is 27.9 Å². The van der Waals surface area contributed by atoms with E-state index in [1.54, 1.807) is 12.4 Å². The summed E-state index contributed by atoms with van der Waals surface area (Å²) in [5.41, 5.74) is 0.964. The summed E-state index contributed by atoms with van der Waals surface area (Å²) in [4.78, 5) is 27.8. The Labute approximate surface area is 143 Å². The van der Waals surface area contributed by atoms with Crippen molar-refractivity contribution in [2.75, 3.05) is 19.6 Å². The first-order valence-corrected chi connectivity index (χ1v) is 8.78. The van der Waals surface area contributed by atoms with Gasteiger partial charge in [-0.25, -0.2) is 0 Å². The lowest BCUT2D eigenvalue weighted by molar-refractivity contribution is -0.123. The number of carbonyl (C=O) groups excluding carboxylic acids is 2. The molecule has 3 N–H and O–H groups in total. The van der Waals surface area contributed by atoms with E-state index in [1.807, 2.05) is 12.1 Å². The van der Waals surface area contributed by atoms with Crippen molar-refractivity contribution < 1.29 is 9.59 Å². The molecule has 0 radical (unpaired) electrons. The second kappa shape index (κ2) is 10.0. The van der Waals surface area contributed by atoms with E-state index < -0.39 is 0 Å². The van der Waals surface area contributed by atoms with Gasteiger partial charge in [0.25, 0.3) is 0 Å². The maximum atomic E-state index is 12.0. The lowest BCUT2D eigenvalue weighted by Crippen LogP contribution is -2.34. The van der Waals surface area contributed by atoms with E-state index in [-0.39, 0.29) is 11.8 Å². The van der Waals surface area contributed by atoms with Crippen LogP contribution in [-0.4, -0.2) is 36.4 Å². The number of nitrogens with zero attached hydrogens (tertiary/aromatic N) is 1. The highest BCUT2D eigenvalue weighted by Crippen LogP contribution is 2.23. The van der Waals surface area contributed by atoms with Gasteiger partial charge < -0.3 is 16.0 Å². The van der Waals surface area contributed by atoms with Gasteiger partial charge in [-0.05, 0) is 49.4 Å². The molecule has 0 saturated carbocycles. The summed E-state index contributed by atoms with van der Waals surface area (Å²) < 4.78 is 0. The summed E-state index contributed by atoms with van der Waals surface area (Å²) in [5, 5.41) is 9.03. The molecular formula is C18H28N4O2. The molecule has 6 nitrogen and oxygen atoms in total. The monoisotopic (exact) mass is 332 g/mol. The molecule has 0 bridgehead atoms. The first kappa shape index (κ1) is 18.4. The number of hydrogen-bond donors (Lipinski definition) is 3. The average molecular weight is 332 g/mol. The fourth-order valence-electron chi connectivity index (χ4n) is 3.05.